The molecule has 0 saturated carbocycles. The minimum Gasteiger partial charge on any atom is -0.366 e. The average molecular weight is 275 g/mol. The number of rotatable bonds is 3. The lowest BCUT2D eigenvalue weighted by Gasteiger charge is -2.34. The van der Waals surface area contributed by atoms with E-state index in [0.29, 0.717) is 23.6 Å². The summed E-state index contributed by atoms with van der Waals surface area (Å²) < 4.78 is 0. The second-order valence-corrected chi connectivity index (χ2v) is 5.46. The molecule has 1 fully saturated rings. The van der Waals surface area contributed by atoms with Crippen molar-refractivity contribution in [3.8, 4) is 0 Å². The summed E-state index contributed by atoms with van der Waals surface area (Å²) in [6.45, 7) is 3.40. The number of hydrogen-bond acceptors (Lipinski definition) is 3. The van der Waals surface area contributed by atoms with Gasteiger partial charge in [0, 0.05) is 30.3 Å². The number of hydrogen-bond donors (Lipinski definition) is 2. The van der Waals surface area contributed by atoms with Gasteiger partial charge in [0.2, 0.25) is 5.91 Å². The summed E-state index contributed by atoms with van der Waals surface area (Å²) in [7, 11) is 0. The third-order valence-corrected chi connectivity index (χ3v) is 3.88. The number of piperidine rings is 1. The van der Waals surface area contributed by atoms with Crippen LogP contribution >= 0.6 is 0 Å². The molecular weight excluding hydrogens is 254 g/mol. The molecule has 5 heteroatoms. The maximum absolute atomic E-state index is 12.5. The third-order valence-electron chi connectivity index (χ3n) is 3.88. The molecule has 108 valence electrons. The highest BCUT2D eigenvalue weighted by Crippen LogP contribution is 2.20. The zero-order chi connectivity index (χ0) is 14.7. The van der Waals surface area contributed by atoms with E-state index in [4.69, 9.17) is 11.5 Å². The first kappa shape index (κ1) is 14.5. The number of likely N-dealkylation sites (tertiary alicyclic amines) is 1. The van der Waals surface area contributed by atoms with Gasteiger partial charge in [-0.2, -0.15) is 0 Å². The fraction of sp³-hybridized carbons (Fsp3) is 0.467. The highest BCUT2D eigenvalue weighted by atomic mass is 16.2. The maximum atomic E-state index is 12.5. The molecule has 0 aromatic heterocycles. The van der Waals surface area contributed by atoms with Crippen LogP contribution in [0.4, 0.5) is 0 Å². The predicted octanol–water partition coefficient (Wildman–Crippen LogP) is 0.985. The van der Waals surface area contributed by atoms with Crippen LogP contribution in [0.1, 0.15) is 40.5 Å². The van der Waals surface area contributed by atoms with Crippen molar-refractivity contribution in [2.24, 2.45) is 17.4 Å². The van der Waals surface area contributed by atoms with E-state index in [-0.39, 0.29) is 11.9 Å². The van der Waals surface area contributed by atoms with Gasteiger partial charge in [0.25, 0.3) is 5.91 Å². The van der Waals surface area contributed by atoms with Gasteiger partial charge in [-0.25, -0.2) is 0 Å². The van der Waals surface area contributed by atoms with Crippen LogP contribution in [-0.4, -0.2) is 35.8 Å². The lowest BCUT2D eigenvalue weighted by molar-refractivity contribution is 0.0661. The molecule has 0 radical (unpaired) electrons. The van der Waals surface area contributed by atoms with E-state index in [2.05, 4.69) is 0 Å². The summed E-state index contributed by atoms with van der Waals surface area (Å²) in [6.07, 6.45) is 2.02. The van der Waals surface area contributed by atoms with Gasteiger partial charge >= 0.3 is 0 Å². The molecule has 5 nitrogen and oxygen atoms in total. The number of carbonyl (C=O) groups is 2. The minimum absolute atomic E-state index is 0.0570. The van der Waals surface area contributed by atoms with E-state index in [1.807, 2.05) is 11.8 Å². The molecule has 1 aliphatic rings. The molecule has 2 unspecified atom stereocenters. The quantitative estimate of drug-likeness (QED) is 0.861. The standard InChI is InChI=1S/C15H21N3O2/c1-10(16)13-6-3-7-18(9-13)15(20)12-5-2-4-11(8-12)14(17)19/h2,4-5,8,10,13H,3,6-7,9,16H2,1H3,(H2,17,19). The summed E-state index contributed by atoms with van der Waals surface area (Å²) >= 11 is 0. The number of amides is 2. The van der Waals surface area contributed by atoms with Gasteiger partial charge in [-0.05, 0) is 43.9 Å². The van der Waals surface area contributed by atoms with E-state index in [1.165, 1.54) is 0 Å². The van der Waals surface area contributed by atoms with Crippen LogP contribution in [-0.2, 0) is 0 Å². The minimum atomic E-state index is -0.522. The second-order valence-electron chi connectivity index (χ2n) is 5.46. The Bertz CT molecular complexity index is 514. The van der Waals surface area contributed by atoms with Crippen molar-refractivity contribution in [3.63, 3.8) is 0 Å². The molecule has 2 amide bonds. The molecule has 4 N–H and O–H groups in total. The highest BCUT2D eigenvalue weighted by molar-refractivity contribution is 5.99. The average Bonchev–Trinajstić information content (AvgIpc) is 2.46. The van der Waals surface area contributed by atoms with Gasteiger partial charge in [0.1, 0.15) is 0 Å². The SMILES string of the molecule is CC(N)C1CCCN(C(=O)c2cccc(C(N)=O)c2)C1. The zero-order valence-electron chi connectivity index (χ0n) is 11.7. The van der Waals surface area contributed by atoms with Crippen molar-refractivity contribution in [2.75, 3.05) is 13.1 Å². The van der Waals surface area contributed by atoms with Gasteiger partial charge in [-0.15, -0.1) is 0 Å². The summed E-state index contributed by atoms with van der Waals surface area (Å²) in [5, 5.41) is 0. The van der Waals surface area contributed by atoms with Gasteiger partial charge in [-0.1, -0.05) is 6.07 Å². The highest BCUT2D eigenvalue weighted by Gasteiger charge is 2.26. The number of benzene rings is 1. The summed E-state index contributed by atoms with van der Waals surface area (Å²) in [5.41, 5.74) is 12.0. The van der Waals surface area contributed by atoms with Gasteiger partial charge in [0.15, 0.2) is 0 Å². The number of nitrogens with two attached hydrogens (primary N) is 2. The molecular formula is C15H21N3O2. The molecule has 1 aliphatic heterocycles. The Morgan fingerprint density at radius 3 is 2.70 bits per heavy atom. The van der Waals surface area contributed by atoms with E-state index in [0.717, 1.165) is 19.4 Å². The van der Waals surface area contributed by atoms with E-state index in [1.54, 1.807) is 24.3 Å². The Hall–Kier alpha value is -1.88. The monoisotopic (exact) mass is 275 g/mol. The molecule has 0 bridgehead atoms. The molecule has 1 aromatic carbocycles. The Kier molecular flexibility index (Phi) is 4.39. The first-order valence-electron chi connectivity index (χ1n) is 6.93. The molecule has 20 heavy (non-hydrogen) atoms. The van der Waals surface area contributed by atoms with Gasteiger partial charge in [-0.3, -0.25) is 9.59 Å². The van der Waals surface area contributed by atoms with Crippen LogP contribution in [0.3, 0.4) is 0 Å². The van der Waals surface area contributed by atoms with Crippen molar-refractivity contribution in [2.45, 2.75) is 25.8 Å². The Labute approximate surface area is 118 Å². The fourth-order valence-corrected chi connectivity index (χ4v) is 2.61. The van der Waals surface area contributed by atoms with Crippen LogP contribution in [0.15, 0.2) is 24.3 Å². The Morgan fingerprint density at radius 2 is 2.05 bits per heavy atom. The van der Waals surface area contributed by atoms with Crippen molar-refractivity contribution in [1.82, 2.24) is 4.90 Å². The third kappa shape index (κ3) is 3.17. The Balaban J connectivity index is 2.14. The maximum Gasteiger partial charge on any atom is 0.253 e. The van der Waals surface area contributed by atoms with Crippen molar-refractivity contribution >= 4 is 11.8 Å². The van der Waals surface area contributed by atoms with E-state index < -0.39 is 5.91 Å². The largest absolute Gasteiger partial charge is 0.366 e. The van der Waals surface area contributed by atoms with Crippen LogP contribution < -0.4 is 11.5 Å². The Morgan fingerprint density at radius 1 is 1.35 bits per heavy atom. The summed E-state index contributed by atoms with van der Waals surface area (Å²) in [5.74, 6) is -0.239. The molecule has 2 rings (SSSR count). The van der Waals surface area contributed by atoms with Crippen LogP contribution in [0, 0.1) is 5.92 Å². The van der Waals surface area contributed by atoms with Crippen LogP contribution in [0.25, 0.3) is 0 Å². The molecule has 0 aliphatic carbocycles. The topological polar surface area (TPSA) is 89.4 Å². The predicted molar refractivity (Wildman–Crippen MR) is 77.2 cm³/mol. The lowest BCUT2D eigenvalue weighted by Crippen LogP contribution is -2.45. The smallest absolute Gasteiger partial charge is 0.253 e. The van der Waals surface area contributed by atoms with Gasteiger partial charge in [0.05, 0.1) is 0 Å². The summed E-state index contributed by atoms with van der Waals surface area (Å²) in [6, 6.07) is 6.65. The normalized spacial score (nSPS) is 20.5. The van der Waals surface area contributed by atoms with Crippen LogP contribution in [0.5, 0.6) is 0 Å². The van der Waals surface area contributed by atoms with Crippen molar-refractivity contribution in [1.29, 1.82) is 0 Å². The van der Waals surface area contributed by atoms with E-state index >= 15 is 0 Å². The van der Waals surface area contributed by atoms with Gasteiger partial charge < -0.3 is 16.4 Å². The lowest BCUT2D eigenvalue weighted by atomic mass is 9.92. The number of carbonyl (C=O) groups excluding carboxylic acids is 2. The number of nitrogens with zero attached hydrogens (tertiary/aromatic N) is 1. The van der Waals surface area contributed by atoms with E-state index in [9.17, 15) is 9.59 Å². The summed E-state index contributed by atoms with van der Waals surface area (Å²) in [4.78, 5) is 25.5. The van der Waals surface area contributed by atoms with Crippen molar-refractivity contribution in [3.05, 3.63) is 35.4 Å². The first-order chi connectivity index (χ1) is 9.49. The van der Waals surface area contributed by atoms with Crippen LogP contribution in [0.2, 0.25) is 0 Å². The second kappa shape index (κ2) is 6.05. The molecule has 2 atom stereocenters. The first-order valence-corrected chi connectivity index (χ1v) is 6.93. The fourth-order valence-electron chi connectivity index (χ4n) is 2.61. The number of primary amides is 1. The molecule has 1 saturated heterocycles. The molecule has 1 aromatic rings. The molecule has 1 heterocycles. The molecule has 0 spiro atoms. The zero-order valence-corrected chi connectivity index (χ0v) is 11.7. The van der Waals surface area contributed by atoms with Crippen molar-refractivity contribution < 1.29 is 9.59 Å².